The summed E-state index contributed by atoms with van der Waals surface area (Å²) in [6.45, 7) is 1.77. The summed E-state index contributed by atoms with van der Waals surface area (Å²) in [5, 5.41) is 2.98. The molecule has 1 unspecified atom stereocenters. The summed E-state index contributed by atoms with van der Waals surface area (Å²) in [4.78, 5) is 12.1. The van der Waals surface area contributed by atoms with Gasteiger partial charge >= 0.3 is 0 Å². The topological polar surface area (TPSA) is 55.1 Å². The third-order valence-electron chi connectivity index (χ3n) is 2.97. The fraction of sp³-hybridized carbons (Fsp3) is 0.133. The molecule has 1 amide bonds. The van der Waals surface area contributed by atoms with E-state index in [1.165, 1.54) is 12.1 Å². The van der Waals surface area contributed by atoms with E-state index in [1.54, 1.807) is 37.3 Å². The molecule has 5 heteroatoms. The lowest BCUT2D eigenvalue weighted by molar-refractivity contribution is 0.0940. The molecule has 0 aromatic heterocycles. The van der Waals surface area contributed by atoms with E-state index in [-0.39, 0.29) is 22.8 Å². The number of nitrogens with two attached hydrogens (primary N) is 1. The molecule has 0 saturated carbocycles. The number of nitrogens with one attached hydrogen (secondary N) is 1. The van der Waals surface area contributed by atoms with E-state index in [4.69, 9.17) is 17.3 Å². The minimum Gasteiger partial charge on any atom is -0.398 e. The Labute approximate surface area is 121 Å². The van der Waals surface area contributed by atoms with Crippen LogP contribution in [0, 0.1) is 5.82 Å². The minimum atomic E-state index is -0.348. The highest BCUT2D eigenvalue weighted by molar-refractivity contribution is 6.36. The second-order valence-electron chi connectivity index (χ2n) is 4.46. The first-order valence-corrected chi connectivity index (χ1v) is 6.47. The van der Waals surface area contributed by atoms with Crippen molar-refractivity contribution in [2.75, 3.05) is 5.73 Å². The predicted molar refractivity (Wildman–Crippen MR) is 78.1 cm³/mol. The summed E-state index contributed by atoms with van der Waals surface area (Å²) in [6.07, 6.45) is 0. The Balaban J connectivity index is 2.17. The molecule has 0 heterocycles. The summed E-state index contributed by atoms with van der Waals surface area (Å²) in [5.41, 5.74) is 6.98. The molecule has 0 aliphatic heterocycles. The standard InChI is InChI=1S/C15H14ClFN2O/c1-9(10-4-2-5-11(17)8-10)19-15(20)12-6-3-7-13(18)14(12)16/h2-9H,18H2,1H3,(H,19,20). The normalized spacial score (nSPS) is 11.9. The van der Waals surface area contributed by atoms with E-state index < -0.39 is 0 Å². The maximum absolute atomic E-state index is 13.2. The Morgan fingerprint density at radius 3 is 2.70 bits per heavy atom. The van der Waals surface area contributed by atoms with Gasteiger partial charge in [0.2, 0.25) is 0 Å². The van der Waals surface area contributed by atoms with Gasteiger partial charge in [-0.15, -0.1) is 0 Å². The molecule has 0 bridgehead atoms. The molecule has 2 aromatic carbocycles. The van der Waals surface area contributed by atoms with E-state index in [9.17, 15) is 9.18 Å². The number of nitrogen functional groups attached to an aromatic ring is 1. The van der Waals surface area contributed by atoms with Crippen LogP contribution in [0.4, 0.5) is 10.1 Å². The molecule has 20 heavy (non-hydrogen) atoms. The number of carbonyl (C=O) groups is 1. The van der Waals surface area contributed by atoms with Crippen molar-refractivity contribution in [3.63, 3.8) is 0 Å². The van der Waals surface area contributed by atoms with Gasteiger partial charge in [0.15, 0.2) is 0 Å². The van der Waals surface area contributed by atoms with Gasteiger partial charge in [0, 0.05) is 0 Å². The first-order valence-electron chi connectivity index (χ1n) is 6.09. The van der Waals surface area contributed by atoms with Crippen molar-refractivity contribution in [1.29, 1.82) is 0 Å². The number of hydrogen-bond acceptors (Lipinski definition) is 2. The van der Waals surface area contributed by atoms with Gasteiger partial charge in [0.25, 0.3) is 5.91 Å². The number of amides is 1. The molecule has 0 aliphatic carbocycles. The largest absolute Gasteiger partial charge is 0.398 e. The van der Waals surface area contributed by atoms with E-state index in [2.05, 4.69) is 5.32 Å². The van der Waals surface area contributed by atoms with Crippen LogP contribution in [0.5, 0.6) is 0 Å². The van der Waals surface area contributed by atoms with Crippen LogP contribution in [-0.4, -0.2) is 5.91 Å². The summed E-state index contributed by atoms with van der Waals surface area (Å²) in [5.74, 6) is -0.690. The molecule has 0 radical (unpaired) electrons. The van der Waals surface area contributed by atoms with Gasteiger partial charge in [0.1, 0.15) is 5.82 Å². The average Bonchev–Trinajstić information content (AvgIpc) is 2.41. The van der Waals surface area contributed by atoms with E-state index in [0.717, 1.165) is 0 Å². The van der Waals surface area contributed by atoms with Gasteiger partial charge in [-0.3, -0.25) is 4.79 Å². The molecular formula is C15H14ClFN2O. The van der Waals surface area contributed by atoms with E-state index >= 15 is 0 Å². The Kier molecular flexibility index (Phi) is 4.25. The lowest BCUT2D eigenvalue weighted by Crippen LogP contribution is -2.27. The Morgan fingerprint density at radius 2 is 2.00 bits per heavy atom. The van der Waals surface area contributed by atoms with Crippen molar-refractivity contribution >= 4 is 23.2 Å². The molecule has 1 atom stereocenters. The monoisotopic (exact) mass is 292 g/mol. The zero-order valence-electron chi connectivity index (χ0n) is 10.9. The van der Waals surface area contributed by atoms with Crippen molar-refractivity contribution in [3.8, 4) is 0 Å². The van der Waals surface area contributed by atoms with Gasteiger partial charge in [0.05, 0.1) is 22.3 Å². The van der Waals surface area contributed by atoms with Gasteiger partial charge in [-0.2, -0.15) is 0 Å². The first kappa shape index (κ1) is 14.3. The Morgan fingerprint density at radius 1 is 1.30 bits per heavy atom. The van der Waals surface area contributed by atoms with Crippen LogP contribution in [0.15, 0.2) is 42.5 Å². The fourth-order valence-corrected chi connectivity index (χ4v) is 2.07. The van der Waals surface area contributed by atoms with Crippen molar-refractivity contribution in [2.24, 2.45) is 0 Å². The maximum atomic E-state index is 13.2. The van der Waals surface area contributed by atoms with Crippen molar-refractivity contribution in [1.82, 2.24) is 5.32 Å². The van der Waals surface area contributed by atoms with E-state index in [0.29, 0.717) is 16.8 Å². The summed E-state index contributed by atoms with van der Waals surface area (Å²) in [6, 6.07) is 10.6. The van der Waals surface area contributed by atoms with Crippen LogP contribution in [0.3, 0.4) is 0 Å². The minimum absolute atomic E-state index is 0.219. The predicted octanol–water partition coefficient (Wildman–Crippen LogP) is 3.55. The molecule has 104 valence electrons. The Bertz CT molecular complexity index is 646. The number of anilines is 1. The number of benzene rings is 2. The zero-order valence-corrected chi connectivity index (χ0v) is 11.6. The number of carbonyl (C=O) groups excluding carboxylic acids is 1. The highest BCUT2D eigenvalue weighted by atomic mass is 35.5. The highest BCUT2D eigenvalue weighted by Crippen LogP contribution is 2.24. The maximum Gasteiger partial charge on any atom is 0.253 e. The van der Waals surface area contributed by atoms with Crippen LogP contribution in [-0.2, 0) is 0 Å². The summed E-state index contributed by atoms with van der Waals surface area (Å²) >= 11 is 6.00. The second kappa shape index (κ2) is 5.92. The quantitative estimate of drug-likeness (QED) is 0.850. The molecule has 0 spiro atoms. The molecular weight excluding hydrogens is 279 g/mol. The van der Waals surface area contributed by atoms with Crippen molar-refractivity contribution in [2.45, 2.75) is 13.0 Å². The van der Waals surface area contributed by atoms with Gasteiger partial charge in [-0.05, 0) is 36.8 Å². The van der Waals surface area contributed by atoms with Crippen molar-refractivity contribution in [3.05, 3.63) is 64.4 Å². The van der Waals surface area contributed by atoms with Crippen LogP contribution in [0.1, 0.15) is 28.9 Å². The van der Waals surface area contributed by atoms with Crippen LogP contribution < -0.4 is 11.1 Å². The van der Waals surface area contributed by atoms with Gasteiger partial charge in [-0.1, -0.05) is 29.8 Å². The molecule has 2 rings (SSSR count). The summed E-state index contributed by atoms with van der Waals surface area (Å²) < 4.78 is 13.2. The van der Waals surface area contributed by atoms with Gasteiger partial charge in [-0.25, -0.2) is 4.39 Å². The fourth-order valence-electron chi connectivity index (χ4n) is 1.86. The lowest BCUT2D eigenvalue weighted by atomic mass is 10.1. The Hall–Kier alpha value is -2.07. The molecule has 2 aromatic rings. The van der Waals surface area contributed by atoms with Crippen LogP contribution in [0.2, 0.25) is 5.02 Å². The zero-order chi connectivity index (χ0) is 14.7. The van der Waals surface area contributed by atoms with E-state index in [1.807, 2.05) is 0 Å². The first-order chi connectivity index (χ1) is 9.49. The molecule has 3 nitrogen and oxygen atoms in total. The smallest absolute Gasteiger partial charge is 0.253 e. The highest BCUT2D eigenvalue weighted by Gasteiger charge is 2.15. The molecule has 0 fully saturated rings. The molecule has 0 saturated heterocycles. The number of halogens is 2. The van der Waals surface area contributed by atoms with Crippen molar-refractivity contribution < 1.29 is 9.18 Å². The molecule has 3 N–H and O–H groups in total. The van der Waals surface area contributed by atoms with Crippen LogP contribution >= 0.6 is 11.6 Å². The third-order valence-corrected chi connectivity index (χ3v) is 3.39. The van der Waals surface area contributed by atoms with Crippen LogP contribution in [0.25, 0.3) is 0 Å². The molecule has 0 aliphatic rings. The third kappa shape index (κ3) is 3.08. The summed E-state index contributed by atoms with van der Waals surface area (Å²) in [7, 11) is 0. The SMILES string of the molecule is CC(NC(=O)c1cccc(N)c1Cl)c1cccc(F)c1. The number of hydrogen-bond donors (Lipinski definition) is 2. The lowest BCUT2D eigenvalue weighted by Gasteiger charge is -2.15. The average molecular weight is 293 g/mol. The number of rotatable bonds is 3. The van der Waals surface area contributed by atoms with Gasteiger partial charge < -0.3 is 11.1 Å². The second-order valence-corrected chi connectivity index (χ2v) is 4.84.